The molecule has 2 aliphatic rings. The van der Waals surface area contributed by atoms with E-state index < -0.39 is 0 Å². The third kappa shape index (κ3) is 4.11. The molecule has 0 N–H and O–H groups in total. The standard InChI is InChI=1S/C23H30N4O2/c1-17-7-12-25(13-8-17)15-19-6-5-11-27(16-19)22(28)21-18(2)29-23(20(21)14-24)26-9-3-4-10-26/h3-4,9-10,17,19H,5-8,11-13,15-16H2,1-2H3. The van der Waals surface area contributed by atoms with Gasteiger partial charge in [-0.25, -0.2) is 0 Å². The molecular formula is C23H30N4O2. The number of hydrogen-bond acceptors (Lipinski definition) is 4. The van der Waals surface area contributed by atoms with Crippen molar-refractivity contribution in [1.82, 2.24) is 14.4 Å². The van der Waals surface area contributed by atoms with E-state index in [2.05, 4.69) is 17.9 Å². The summed E-state index contributed by atoms with van der Waals surface area (Å²) >= 11 is 0. The number of nitrogens with zero attached hydrogens (tertiary/aromatic N) is 4. The summed E-state index contributed by atoms with van der Waals surface area (Å²) in [6, 6.07) is 5.95. The van der Waals surface area contributed by atoms with Crippen molar-refractivity contribution in [2.75, 3.05) is 32.7 Å². The Balaban J connectivity index is 1.49. The van der Waals surface area contributed by atoms with Gasteiger partial charge in [0.05, 0.1) is 0 Å². The Morgan fingerprint density at radius 1 is 1.21 bits per heavy atom. The fourth-order valence-electron chi connectivity index (χ4n) is 4.71. The fraction of sp³-hybridized carbons (Fsp3) is 0.565. The van der Waals surface area contributed by atoms with E-state index >= 15 is 0 Å². The first-order valence-electron chi connectivity index (χ1n) is 10.7. The largest absolute Gasteiger partial charge is 0.443 e. The molecule has 6 heteroatoms. The number of amides is 1. The van der Waals surface area contributed by atoms with Crippen LogP contribution in [0.25, 0.3) is 5.88 Å². The Labute approximate surface area is 172 Å². The molecule has 0 radical (unpaired) electrons. The van der Waals surface area contributed by atoms with Gasteiger partial charge < -0.3 is 14.2 Å². The highest BCUT2D eigenvalue weighted by Gasteiger charge is 2.32. The van der Waals surface area contributed by atoms with Crippen molar-refractivity contribution >= 4 is 5.91 Å². The number of aryl methyl sites for hydroxylation is 1. The molecule has 1 unspecified atom stereocenters. The topological polar surface area (TPSA) is 65.4 Å². The van der Waals surface area contributed by atoms with Crippen molar-refractivity contribution in [3.63, 3.8) is 0 Å². The molecule has 4 heterocycles. The van der Waals surface area contributed by atoms with E-state index in [-0.39, 0.29) is 5.91 Å². The third-order valence-electron chi connectivity index (χ3n) is 6.43. The molecule has 2 aromatic heterocycles. The maximum Gasteiger partial charge on any atom is 0.258 e. The van der Waals surface area contributed by atoms with Gasteiger partial charge in [0.25, 0.3) is 5.91 Å². The average molecular weight is 395 g/mol. The third-order valence-corrected chi connectivity index (χ3v) is 6.43. The monoisotopic (exact) mass is 394 g/mol. The first-order valence-corrected chi connectivity index (χ1v) is 10.7. The molecule has 0 saturated carbocycles. The second kappa shape index (κ2) is 8.46. The lowest BCUT2D eigenvalue weighted by atomic mass is 9.94. The fourth-order valence-corrected chi connectivity index (χ4v) is 4.71. The molecule has 2 aliphatic heterocycles. The molecule has 2 fully saturated rings. The van der Waals surface area contributed by atoms with E-state index in [1.54, 1.807) is 11.5 Å². The van der Waals surface area contributed by atoms with Crippen LogP contribution in [-0.4, -0.2) is 53.0 Å². The maximum absolute atomic E-state index is 13.4. The van der Waals surface area contributed by atoms with Gasteiger partial charge in [-0.1, -0.05) is 6.92 Å². The molecule has 1 amide bonds. The van der Waals surface area contributed by atoms with Gasteiger partial charge in [0.1, 0.15) is 23.0 Å². The van der Waals surface area contributed by atoms with Crippen molar-refractivity contribution in [1.29, 1.82) is 5.26 Å². The number of piperidine rings is 2. The van der Waals surface area contributed by atoms with Crippen LogP contribution in [-0.2, 0) is 0 Å². The molecule has 6 nitrogen and oxygen atoms in total. The number of aromatic nitrogens is 1. The van der Waals surface area contributed by atoms with Crippen molar-refractivity contribution in [2.45, 2.75) is 39.5 Å². The van der Waals surface area contributed by atoms with Crippen LogP contribution in [0, 0.1) is 30.1 Å². The van der Waals surface area contributed by atoms with Gasteiger partial charge in [0.2, 0.25) is 5.88 Å². The summed E-state index contributed by atoms with van der Waals surface area (Å²) in [4.78, 5) is 17.8. The molecule has 154 valence electrons. The molecule has 0 spiro atoms. The predicted octanol–water partition coefficient (Wildman–Crippen LogP) is 3.83. The highest BCUT2D eigenvalue weighted by molar-refractivity contribution is 5.98. The Morgan fingerprint density at radius 2 is 1.93 bits per heavy atom. The van der Waals surface area contributed by atoms with Crippen molar-refractivity contribution in [3.8, 4) is 12.0 Å². The van der Waals surface area contributed by atoms with Crippen LogP contribution in [0.1, 0.15) is 54.3 Å². The Kier molecular flexibility index (Phi) is 5.77. The van der Waals surface area contributed by atoms with Crippen LogP contribution in [0.15, 0.2) is 28.9 Å². The van der Waals surface area contributed by atoms with E-state index in [0.717, 1.165) is 32.0 Å². The van der Waals surface area contributed by atoms with Gasteiger partial charge in [-0.3, -0.25) is 9.36 Å². The highest BCUT2D eigenvalue weighted by Crippen LogP contribution is 2.29. The molecular weight excluding hydrogens is 364 g/mol. The molecule has 0 aromatic carbocycles. The summed E-state index contributed by atoms with van der Waals surface area (Å²) in [5.74, 6) is 2.20. The Morgan fingerprint density at radius 3 is 2.62 bits per heavy atom. The van der Waals surface area contributed by atoms with Gasteiger partial charge in [-0.2, -0.15) is 5.26 Å². The molecule has 0 aliphatic carbocycles. The molecule has 2 saturated heterocycles. The van der Waals surface area contributed by atoms with Gasteiger partial charge in [0.15, 0.2) is 0 Å². The number of rotatable bonds is 4. The summed E-state index contributed by atoms with van der Waals surface area (Å²) < 4.78 is 7.58. The quantitative estimate of drug-likeness (QED) is 0.790. The number of hydrogen-bond donors (Lipinski definition) is 0. The summed E-state index contributed by atoms with van der Waals surface area (Å²) in [6.07, 6.45) is 8.38. The van der Waals surface area contributed by atoms with Crippen LogP contribution >= 0.6 is 0 Å². The first-order chi connectivity index (χ1) is 14.1. The Bertz CT molecular complexity index is 885. The van der Waals surface area contributed by atoms with E-state index in [4.69, 9.17) is 4.42 Å². The summed E-state index contributed by atoms with van der Waals surface area (Å²) in [7, 11) is 0. The van der Waals surface area contributed by atoms with Crippen molar-refractivity contribution in [3.05, 3.63) is 41.4 Å². The van der Waals surface area contributed by atoms with Crippen LogP contribution < -0.4 is 0 Å². The SMILES string of the molecule is Cc1oc(-n2cccc2)c(C#N)c1C(=O)N1CCCC(CN2CCC(C)CC2)C1. The molecule has 0 bridgehead atoms. The zero-order valence-corrected chi connectivity index (χ0v) is 17.4. The minimum Gasteiger partial charge on any atom is -0.443 e. The summed E-state index contributed by atoms with van der Waals surface area (Å²) in [6.45, 7) is 9.04. The molecule has 2 aromatic rings. The van der Waals surface area contributed by atoms with Crippen molar-refractivity contribution < 1.29 is 9.21 Å². The minimum absolute atomic E-state index is 0.0711. The zero-order valence-electron chi connectivity index (χ0n) is 17.4. The van der Waals surface area contributed by atoms with Gasteiger partial charge in [-0.05, 0) is 69.7 Å². The second-order valence-electron chi connectivity index (χ2n) is 8.66. The number of likely N-dealkylation sites (tertiary alicyclic amines) is 2. The molecule has 4 rings (SSSR count). The van der Waals surface area contributed by atoms with E-state index in [1.165, 1.54) is 32.4 Å². The van der Waals surface area contributed by atoms with Gasteiger partial charge in [-0.15, -0.1) is 0 Å². The van der Waals surface area contributed by atoms with Gasteiger partial charge >= 0.3 is 0 Å². The van der Waals surface area contributed by atoms with Crippen molar-refractivity contribution in [2.24, 2.45) is 11.8 Å². The summed E-state index contributed by atoms with van der Waals surface area (Å²) in [5, 5.41) is 9.75. The number of carbonyl (C=O) groups is 1. The minimum atomic E-state index is -0.0711. The van der Waals surface area contributed by atoms with E-state index in [1.807, 2.05) is 29.4 Å². The van der Waals surface area contributed by atoms with Gasteiger partial charge in [0, 0.05) is 32.0 Å². The number of nitriles is 1. The maximum atomic E-state index is 13.4. The van der Waals surface area contributed by atoms with E-state index in [0.29, 0.717) is 28.7 Å². The summed E-state index contributed by atoms with van der Waals surface area (Å²) in [5.41, 5.74) is 0.750. The number of carbonyl (C=O) groups excluding carboxylic acids is 1. The lowest BCUT2D eigenvalue weighted by Gasteiger charge is -2.37. The van der Waals surface area contributed by atoms with Crippen LogP contribution in [0.2, 0.25) is 0 Å². The Hall–Kier alpha value is -2.52. The lowest BCUT2D eigenvalue weighted by Crippen LogP contribution is -2.45. The number of furan rings is 1. The van der Waals surface area contributed by atoms with Crippen LogP contribution in [0.4, 0.5) is 0 Å². The second-order valence-corrected chi connectivity index (χ2v) is 8.66. The predicted molar refractivity (Wildman–Crippen MR) is 111 cm³/mol. The molecule has 1 atom stereocenters. The normalized spacial score (nSPS) is 21.3. The average Bonchev–Trinajstić information content (AvgIpc) is 3.37. The highest BCUT2D eigenvalue weighted by atomic mass is 16.4. The van der Waals surface area contributed by atoms with E-state index in [9.17, 15) is 10.1 Å². The zero-order chi connectivity index (χ0) is 20.4. The van der Waals surface area contributed by atoms with Crippen LogP contribution in [0.3, 0.4) is 0 Å². The smallest absolute Gasteiger partial charge is 0.258 e. The first kappa shape index (κ1) is 19.8. The lowest BCUT2D eigenvalue weighted by molar-refractivity contribution is 0.0620. The molecule has 29 heavy (non-hydrogen) atoms. The van der Waals surface area contributed by atoms with Crippen LogP contribution in [0.5, 0.6) is 0 Å².